The van der Waals surface area contributed by atoms with E-state index in [4.69, 9.17) is 5.73 Å². The van der Waals surface area contributed by atoms with Crippen molar-refractivity contribution in [3.05, 3.63) is 17.6 Å². The predicted molar refractivity (Wildman–Crippen MR) is 74.4 cm³/mol. The molecular formula is C13H17N3S. The molecule has 1 aliphatic rings. The maximum Gasteiger partial charge on any atom is 0.106 e. The van der Waals surface area contributed by atoms with E-state index < -0.39 is 0 Å². The van der Waals surface area contributed by atoms with Crippen molar-refractivity contribution >= 4 is 32.9 Å². The number of nitrogens with two attached hydrogens (primary N) is 1. The molecule has 1 aliphatic carbocycles. The van der Waals surface area contributed by atoms with Crippen LogP contribution in [0.15, 0.2) is 17.6 Å². The molecule has 0 bridgehead atoms. The molecule has 1 aromatic carbocycles. The van der Waals surface area contributed by atoms with Gasteiger partial charge in [-0.1, -0.05) is 13.8 Å². The molecule has 3 rings (SSSR count). The van der Waals surface area contributed by atoms with E-state index in [2.05, 4.69) is 36.3 Å². The summed E-state index contributed by atoms with van der Waals surface area (Å²) in [7, 11) is 0. The second kappa shape index (κ2) is 3.60. The zero-order valence-corrected chi connectivity index (χ0v) is 11.0. The van der Waals surface area contributed by atoms with Crippen molar-refractivity contribution in [2.45, 2.75) is 20.3 Å². The van der Waals surface area contributed by atoms with Crippen LogP contribution in [0.4, 0.5) is 11.4 Å². The third-order valence-corrected chi connectivity index (χ3v) is 4.59. The van der Waals surface area contributed by atoms with Gasteiger partial charge in [0.2, 0.25) is 0 Å². The molecule has 3 N–H and O–H groups in total. The average Bonchev–Trinajstić information content (AvgIpc) is 2.73. The number of aromatic nitrogens is 1. The van der Waals surface area contributed by atoms with Gasteiger partial charge < -0.3 is 11.1 Å². The first-order valence-electron chi connectivity index (χ1n) is 5.93. The Bertz CT molecular complexity index is 559. The summed E-state index contributed by atoms with van der Waals surface area (Å²) in [6.45, 7) is 5.63. The van der Waals surface area contributed by atoms with Crippen LogP contribution in [0.5, 0.6) is 0 Å². The lowest BCUT2D eigenvalue weighted by atomic mass is 10.1. The molecule has 0 amide bonds. The lowest BCUT2D eigenvalue weighted by Gasteiger charge is -2.10. The van der Waals surface area contributed by atoms with Gasteiger partial charge in [0.15, 0.2) is 0 Å². The number of nitrogens with zero attached hydrogens (tertiary/aromatic N) is 1. The predicted octanol–water partition coefficient (Wildman–Crippen LogP) is 3.34. The van der Waals surface area contributed by atoms with Crippen molar-refractivity contribution in [2.24, 2.45) is 11.3 Å². The van der Waals surface area contributed by atoms with E-state index in [9.17, 15) is 0 Å². The van der Waals surface area contributed by atoms with Crippen LogP contribution in [-0.2, 0) is 0 Å². The fraction of sp³-hybridized carbons (Fsp3) is 0.462. The van der Waals surface area contributed by atoms with Crippen molar-refractivity contribution in [3.8, 4) is 0 Å². The van der Waals surface area contributed by atoms with E-state index in [1.54, 1.807) is 11.3 Å². The normalized spacial score (nSPS) is 21.6. The number of rotatable bonds is 3. The van der Waals surface area contributed by atoms with Crippen LogP contribution in [0.2, 0.25) is 0 Å². The second-order valence-electron chi connectivity index (χ2n) is 5.50. The van der Waals surface area contributed by atoms with E-state index in [1.807, 2.05) is 5.51 Å². The van der Waals surface area contributed by atoms with Gasteiger partial charge in [0.25, 0.3) is 0 Å². The zero-order chi connectivity index (χ0) is 12.0. The monoisotopic (exact) mass is 247 g/mol. The van der Waals surface area contributed by atoms with Crippen LogP contribution < -0.4 is 11.1 Å². The van der Waals surface area contributed by atoms with E-state index in [0.717, 1.165) is 34.1 Å². The minimum atomic E-state index is 0.506. The molecule has 0 saturated heterocycles. The van der Waals surface area contributed by atoms with Crippen molar-refractivity contribution in [3.63, 3.8) is 0 Å². The van der Waals surface area contributed by atoms with E-state index in [0.29, 0.717) is 5.41 Å². The highest BCUT2D eigenvalue weighted by atomic mass is 32.1. The highest BCUT2D eigenvalue weighted by Crippen LogP contribution is 2.51. The van der Waals surface area contributed by atoms with Crippen molar-refractivity contribution in [1.29, 1.82) is 0 Å². The Balaban J connectivity index is 1.79. The van der Waals surface area contributed by atoms with Gasteiger partial charge in [0.05, 0.1) is 21.6 Å². The van der Waals surface area contributed by atoms with Gasteiger partial charge >= 0.3 is 0 Å². The van der Waals surface area contributed by atoms with Crippen LogP contribution in [-0.4, -0.2) is 11.5 Å². The van der Waals surface area contributed by atoms with Gasteiger partial charge in [-0.2, -0.15) is 0 Å². The molecule has 3 nitrogen and oxygen atoms in total. The molecule has 1 heterocycles. The minimum absolute atomic E-state index is 0.506. The Morgan fingerprint density at radius 3 is 3.00 bits per heavy atom. The van der Waals surface area contributed by atoms with Gasteiger partial charge in [0, 0.05) is 6.54 Å². The molecule has 1 unspecified atom stereocenters. The first kappa shape index (κ1) is 10.8. The lowest BCUT2D eigenvalue weighted by Crippen LogP contribution is -2.08. The molecule has 90 valence electrons. The summed E-state index contributed by atoms with van der Waals surface area (Å²) in [6, 6.07) is 4.15. The third-order valence-electron chi connectivity index (χ3n) is 3.80. The molecule has 2 aromatic rings. The van der Waals surface area contributed by atoms with Gasteiger partial charge in [-0.25, -0.2) is 4.98 Å². The summed E-state index contributed by atoms with van der Waals surface area (Å²) in [6.07, 6.45) is 1.30. The fourth-order valence-electron chi connectivity index (χ4n) is 2.26. The molecule has 1 aromatic heterocycles. The summed E-state index contributed by atoms with van der Waals surface area (Å²) in [5.74, 6) is 0.771. The van der Waals surface area contributed by atoms with Crippen molar-refractivity contribution < 1.29 is 0 Å². The van der Waals surface area contributed by atoms with Crippen molar-refractivity contribution in [1.82, 2.24) is 4.98 Å². The number of nitrogen functional groups attached to an aromatic ring is 1. The Hall–Kier alpha value is -1.29. The van der Waals surface area contributed by atoms with Crippen LogP contribution >= 0.6 is 11.3 Å². The summed E-state index contributed by atoms with van der Waals surface area (Å²) >= 11 is 1.63. The quantitative estimate of drug-likeness (QED) is 0.818. The van der Waals surface area contributed by atoms with Gasteiger partial charge in [-0.05, 0) is 29.9 Å². The molecule has 0 aliphatic heterocycles. The third kappa shape index (κ3) is 1.86. The van der Waals surface area contributed by atoms with E-state index in [1.165, 1.54) is 6.42 Å². The van der Waals surface area contributed by atoms with Crippen LogP contribution in [0.25, 0.3) is 10.2 Å². The molecule has 1 atom stereocenters. The lowest BCUT2D eigenvalue weighted by molar-refractivity contribution is 0.573. The highest BCUT2D eigenvalue weighted by molar-refractivity contribution is 7.16. The molecule has 4 heteroatoms. The summed E-state index contributed by atoms with van der Waals surface area (Å²) in [5.41, 5.74) is 11.2. The zero-order valence-electron chi connectivity index (χ0n) is 10.2. The average molecular weight is 247 g/mol. The summed E-state index contributed by atoms with van der Waals surface area (Å²) in [5, 5.41) is 3.45. The Morgan fingerprint density at radius 1 is 1.53 bits per heavy atom. The molecule has 1 fully saturated rings. The fourth-order valence-corrected chi connectivity index (χ4v) is 2.96. The minimum Gasteiger partial charge on any atom is -0.395 e. The maximum atomic E-state index is 6.12. The van der Waals surface area contributed by atoms with Gasteiger partial charge in [-0.15, -0.1) is 11.3 Å². The second-order valence-corrected chi connectivity index (χ2v) is 6.38. The first-order chi connectivity index (χ1) is 8.08. The summed E-state index contributed by atoms with van der Waals surface area (Å²) < 4.78 is 1.15. The van der Waals surface area contributed by atoms with Gasteiger partial charge in [0.1, 0.15) is 5.52 Å². The number of hydrogen-bond donors (Lipinski definition) is 2. The van der Waals surface area contributed by atoms with E-state index >= 15 is 0 Å². The summed E-state index contributed by atoms with van der Waals surface area (Å²) in [4.78, 5) is 4.30. The standard InChI is InChI=1S/C13H17N3S/c1-13(2)5-8(13)6-15-9-3-4-10-12(11(9)14)16-7-17-10/h3-4,7-8,15H,5-6,14H2,1-2H3. The molecule has 1 saturated carbocycles. The van der Waals surface area contributed by atoms with Crippen LogP contribution in [0, 0.1) is 11.3 Å². The molecular weight excluding hydrogens is 230 g/mol. The smallest absolute Gasteiger partial charge is 0.106 e. The van der Waals surface area contributed by atoms with Crippen LogP contribution in [0.3, 0.4) is 0 Å². The number of nitrogens with one attached hydrogen (secondary N) is 1. The van der Waals surface area contributed by atoms with E-state index in [-0.39, 0.29) is 0 Å². The maximum absolute atomic E-state index is 6.12. The number of fused-ring (bicyclic) bond motifs is 1. The number of thiazole rings is 1. The molecule has 0 spiro atoms. The number of benzene rings is 1. The topological polar surface area (TPSA) is 50.9 Å². The number of anilines is 2. The molecule has 0 radical (unpaired) electrons. The number of hydrogen-bond acceptors (Lipinski definition) is 4. The van der Waals surface area contributed by atoms with Crippen molar-refractivity contribution in [2.75, 3.05) is 17.6 Å². The first-order valence-corrected chi connectivity index (χ1v) is 6.81. The van der Waals surface area contributed by atoms with Gasteiger partial charge in [-0.3, -0.25) is 0 Å². The largest absolute Gasteiger partial charge is 0.395 e. The Kier molecular flexibility index (Phi) is 2.30. The SMILES string of the molecule is CC1(C)CC1CNc1ccc2scnc2c1N. The Labute approximate surface area is 105 Å². The Morgan fingerprint density at radius 2 is 2.29 bits per heavy atom. The highest BCUT2D eigenvalue weighted by Gasteiger charge is 2.44. The molecule has 17 heavy (non-hydrogen) atoms. The van der Waals surface area contributed by atoms with Crippen LogP contribution in [0.1, 0.15) is 20.3 Å².